The molecule has 1 aromatic heterocycles. The molecule has 18 nitrogen and oxygen atoms in total. The van der Waals surface area contributed by atoms with E-state index in [9.17, 15) is 38.6 Å². The Kier molecular flexibility index (Phi) is 22.5. The van der Waals surface area contributed by atoms with Gasteiger partial charge in [0.25, 0.3) is 0 Å². The standard InChI is InChI=1S/C39H54BBrN6O12/c1-40(55)44-15-5-6-17-57-36-24-35-30(23-31(36)41)27(22-37(52)59-35)25-58-39(54)46-32(10-4-2-3-8-28(48)13-18-56-19-16-45-47-42)38(53)43-14-7-9-29(49)20-26-11-12-33(50)34(51)21-26/h22-24,26,32,44,55H,2-21,25H2,1H3,(H,43,53)(H,46,54). The van der Waals surface area contributed by atoms with Gasteiger partial charge in [0.2, 0.25) is 5.91 Å². The number of rotatable bonds is 29. The van der Waals surface area contributed by atoms with Crippen LogP contribution in [0.4, 0.5) is 4.79 Å². The van der Waals surface area contributed by atoms with Crippen molar-refractivity contribution in [1.29, 1.82) is 0 Å². The summed E-state index contributed by atoms with van der Waals surface area (Å²) in [5.74, 6) is -1.05. The number of Topliss-reactive ketones (excluding diaryl/α,β-unsaturated/α-hetero) is 4. The molecule has 59 heavy (non-hydrogen) atoms. The predicted octanol–water partition coefficient (Wildman–Crippen LogP) is 5.04. The third-order valence-electron chi connectivity index (χ3n) is 9.50. The van der Waals surface area contributed by atoms with Crippen molar-refractivity contribution in [3.05, 3.63) is 49.1 Å². The van der Waals surface area contributed by atoms with E-state index in [0.29, 0.717) is 79.3 Å². The van der Waals surface area contributed by atoms with E-state index < -0.39 is 36.5 Å². The molecule has 1 saturated carbocycles. The summed E-state index contributed by atoms with van der Waals surface area (Å²) in [6.07, 6.45) is 4.48. The van der Waals surface area contributed by atoms with Crippen LogP contribution in [0.15, 0.2) is 37.0 Å². The number of carbonyl (C=O) groups is 6. The van der Waals surface area contributed by atoms with Gasteiger partial charge in [-0.05, 0) is 85.3 Å². The summed E-state index contributed by atoms with van der Waals surface area (Å²) in [5, 5.41) is 21.5. The molecule has 0 spiro atoms. The molecule has 4 N–H and O–H groups in total. The second kappa shape index (κ2) is 27.2. The van der Waals surface area contributed by atoms with Crippen LogP contribution in [-0.4, -0.2) is 92.7 Å². The van der Waals surface area contributed by atoms with Gasteiger partial charge in [-0.15, -0.1) is 0 Å². The van der Waals surface area contributed by atoms with Crippen molar-refractivity contribution in [3.63, 3.8) is 0 Å². The van der Waals surface area contributed by atoms with E-state index in [4.69, 9.17) is 24.2 Å². The van der Waals surface area contributed by atoms with Crippen LogP contribution in [0.2, 0.25) is 6.82 Å². The minimum Gasteiger partial charge on any atom is -0.492 e. The molecule has 1 aliphatic rings. The van der Waals surface area contributed by atoms with Crippen molar-refractivity contribution < 1.29 is 52.4 Å². The number of benzene rings is 1. The summed E-state index contributed by atoms with van der Waals surface area (Å²) >= 11 is 3.49. The number of hydrogen-bond donors (Lipinski definition) is 4. The first-order valence-electron chi connectivity index (χ1n) is 20.1. The zero-order chi connectivity index (χ0) is 43.0. The van der Waals surface area contributed by atoms with Crippen LogP contribution in [0.25, 0.3) is 21.4 Å². The average Bonchev–Trinajstić information content (AvgIpc) is 3.19. The highest BCUT2D eigenvalue weighted by Crippen LogP contribution is 2.32. The summed E-state index contributed by atoms with van der Waals surface area (Å²) in [4.78, 5) is 89.5. The van der Waals surface area contributed by atoms with Crippen LogP contribution >= 0.6 is 15.9 Å². The van der Waals surface area contributed by atoms with Gasteiger partial charge in [0.15, 0.2) is 11.6 Å². The van der Waals surface area contributed by atoms with E-state index in [1.54, 1.807) is 19.0 Å². The maximum atomic E-state index is 13.3. The number of amides is 2. The fourth-order valence-corrected chi connectivity index (χ4v) is 6.81. The van der Waals surface area contributed by atoms with Crippen LogP contribution in [0.5, 0.6) is 5.75 Å². The van der Waals surface area contributed by atoms with Crippen molar-refractivity contribution in [2.45, 2.75) is 109 Å². The molecule has 20 heteroatoms. The number of nitrogens with zero attached hydrogens (tertiary/aromatic N) is 3. The van der Waals surface area contributed by atoms with Crippen molar-refractivity contribution in [2.75, 3.05) is 39.5 Å². The Morgan fingerprint density at radius 3 is 2.54 bits per heavy atom. The van der Waals surface area contributed by atoms with E-state index in [1.165, 1.54) is 6.07 Å². The molecule has 322 valence electrons. The van der Waals surface area contributed by atoms with Crippen molar-refractivity contribution in [2.24, 2.45) is 11.0 Å². The Balaban J connectivity index is 1.54. The largest absolute Gasteiger partial charge is 0.492 e. The van der Waals surface area contributed by atoms with Gasteiger partial charge in [-0.3, -0.25) is 24.0 Å². The highest BCUT2D eigenvalue weighted by molar-refractivity contribution is 9.10. The lowest BCUT2D eigenvalue weighted by molar-refractivity contribution is -0.139. The fourth-order valence-electron chi connectivity index (χ4n) is 6.36. The topological polar surface area (TPSA) is 265 Å². The molecule has 0 radical (unpaired) electrons. The Bertz CT molecular complexity index is 1850. The molecule has 0 saturated heterocycles. The minimum absolute atomic E-state index is 0.0129. The number of carbonyl (C=O) groups excluding carboxylic acids is 6. The van der Waals surface area contributed by atoms with E-state index >= 15 is 0 Å². The van der Waals surface area contributed by atoms with Gasteiger partial charge in [-0.1, -0.05) is 18.0 Å². The van der Waals surface area contributed by atoms with Crippen LogP contribution in [0, 0.1) is 5.92 Å². The lowest BCUT2D eigenvalue weighted by atomic mass is 9.84. The summed E-state index contributed by atoms with van der Waals surface area (Å²) in [6, 6.07) is 3.48. The van der Waals surface area contributed by atoms with Gasteiger partial charge < -0.3 is 39.5 Å². The zero-order valence-corrected chi connectivity index (χ0v) is 35.1. The lowest BCUT2D eigenvalue weighted by Gasteiger charge is -2.19. The Labute approximate surface area is 351 Å². The Hall–Kier alpha value is -4.62. The van der Waals surface area contributed by atoms with Gasteiger partial charge >= 0.3 is 18.8 Å². The summed E-state index contributed by atoms with van der Waals surface area (Å²) < 4.78 is 22.6. The molecule has 2 atom stereocenters. The quantitative estimate of drug-likeness (QED) is 0.0159. The first-order chi connectivity index (χ1) is 28.4. The van der Waals surface area contributed by atoms with E-state index in [1.807, 2.05) is 0 Å². The van der Waals surface area contributed by atoms with Crippen LogP contribution < -0.4 is 26.2 Å². The average molecular weight is 890 g/mol. The van der Waals surface area contributed by atoms with Crippen LogP contribution in [-0.2, 0) is 40.1 Å². The summed E-state index contributed by atoms with van der Waals surface area (Å²) in [7, 11) is -0.594. The first kappa shape index (κ1) is 48.8. The molecule has 1 heterocycles. The van der Waals surface area contributed by atoms with Gasteiger partial charge in [0.1, 0.15) is 35.5 Å². The number of azide groups is 1. The number of unbranched alkanes of at least 4 members (excludes halogenated alkanes) is 3. The number of ether oxygens (including phenoxy) is 3. The summed E-state index contributed by atoms with van der Waals surface area (Å²) in [5.41, 5.74) is 8.22. The monoisotopic (exact) mass is 888 g/mol. The lowest BCUT2D eigenvalue weighted by Crippen LogP contribution is -2.47. The van der Waals surface area contributed by atoms with E-state index in [0.717, 1.165) is 6.42 Å². The van der Waals surface area contributed by atoms with Crippen molar-refractivity contribution in [3.8, 4) is 5.75 Å². The molecule has 2 amide bonds. The van der Waals surface area contributed by atoms with Gasteiger partial charge in [0.05, 0.1) is 24.3 Å². The maximum absolute atomic E-state index is 13.3. The van der Waals surface area contributed by atoms with Gasteiger partial charge in [-0.25, -0.2) is 9.59 Å². The minimum atomic E-state index is -1.00. The van der Waals surface area contributed by atoms with E-state index in [2.05, 4.69) is 41.8 Å². The molecule has 1 aromatic carbocycles. The summed E-state index contributed by atoms with van der Waals surface area (Å²) in [6.45, 7) is 3.14. The number of ketones is 4. The van der Waals surface area contributed by atoms with Gasteiger partial charge in [0, 0.05) is 79.6 Å². The van der Waals surface area contributed by atoms with Crippen LogP contribution in [0.3, 0.4) is 0 Å². The van der Waals surface area contributed by atoms with Gasteiger partial charge in [-0.2, -0.15) is 0 Å². The Morgan fingerprint density at radius 1 is 0.983 bits per heavy atom. The highest BCUT2D eigenvalue weighted by atomic mass is 79.9. The molecule has 0 aliphatic heterocycles. The third kappa shape index (κ3) is 19.3. The van der Waals surface area contributed by atoms with E-state index in [-0.39, 0.29) is 100 Å². The fraction of sp³-hybridized carbons (Fsp3) is 0.615. The second-order valence-electron chi connectivity index (χ2n) is 14.4. The molecule has 2 aromatic rings. The first-order valence-corrected chi connectivity index (χ1v) is 20.8. The van der Waals surface area contributed by atoms with Crippen LogP contribution in [0.1, 0.15) is 95.5 Å². The second-order valence-corrected chi connectivity index (χ2v) is 15.2. The number of nitrogens with one attached hydrogen (secondary N) is 3. The predicted molar refractivity (Wildman–Crippen MR) is 221 cm³/mol. The number of hydrogen-bond acceptors (Lipinski definition) is 14. The molecule has 1 aliphatic carbocycles. The third-order valence-corrected chi connectivity index (χ3v) is 10.1. The number of fused-ring (bicyclic) bond motifs is 1. The maximum Gasteiger partial charge on any atom is 0.408 e. The molecular weight excluding hydrogens is 835 g/mol. The zero-order valence-electron chi connectivity index (χ0n) is 33.5. The molecular formula is C39H54BBrN6O12. The Morgan fingerprint density at radius 2 is 1.78 bits per heavy atom. The molecule has 3 rings (SSSR count). The van der Waals surface area contributed by atoms with Crippen molar-refractivity contribution in [1.82, 2.24) is 15.9 Å². The smallest absolute Gasteiger partial charge is 0.408 e. The molecule has 0 bridgehead atoms. The molecule has 2 unspecified atom stereocenters. The number of alkyl carbamates (subject to hydrolysis) is 1. The molecule has 1 fully saturated rings. The van der Waals surface area contributed by atoms with Crippen molar-refractivity contribution >= 4 is 69.1 Å². The SMILES string of the molecule is CB(O)NCCCCOc1cc2oc(=O)cc(COC(=O)NC(CCCCCC(=O)CCOCCN=[N+]=[N-])C(=O)NCCCC(=O)CC3CCC(=O)C(=O)C3)c2cc1Br. The highest BCUT2D eigenvalue weighted by Gasteiger charge is 2.28. The normalized spacial score (nSPS) is 14.3. The number of halogens is 1.